The van der Waals surface area contributed by atoms with E-state index in [2.05, 4.69) is 34.5 Å². The number of benzene rings is 1. The molecule has 0 unspecified atom stereocenters. The highest BCUT2D eigenvalue weighted by Crippen LogP contribution is 2.24. The van der Waals surface area contributed by atoms with Gasteiger partial charge in [0.05, 0.1) is 28.5 Å². The van der Waals surface area contributed by atoms with E-state index in [1.54, 1.807) is 0 Å². The van der Waals surface area contributed by atoms with Crippen LogP contribution in [0.2, 0.25) is 0 Å². The molecule has 2 heterocycles. The van der Waals surface area contributed by atoms with Gasteiger partial charge in [-0.25, -0.2) is 4.68 Å². The number of hydrogen-bond acceptors (Lipinski definition) is 6. The second kappa shape index (κ2) is 10.4. The highest BCUT2D eigenvalue weighted by Gasteiger charge is 2.18. The molecule has 2 aromatic heterocycles. The molecule has 9 nitrogen and oxygen atoms in total. The van der Waals surface area contributed by atoms with E-state index in [1.165, 1.54) is 11.8 Å². The maximum Gasteiger partial charge on any atom is 0.234 e. The summed E-state index contributed by atoms with van der Waals surface area (Å²) in [7, 11) is 0. The van der Waals surface area contributed by atoms with Crippen LogP contribution in [0.25, 0.3) is 5.69 Å². The summed E-state index contributed by atoms with van der Waals surface area (Å²) in [5.74, 6) is 0.726. The van der Waals surface area contributed by atoms with Gasteiger partial charge < -0.3 is 15.6 Å². The molecule has 3 aromatic rings. The first-order valence-corrected chi connectivity index (χ1v) is 11.5. The van der Waals surface area contributed by atoms with Gasteiger partial charge in [-0.05, 0) is 31.9 Å². The number of carbonyl (C=O) groups is 2. The largest absolute Gasteiger partial charge is 0.370 e. The topological polar surface area (TPSA) is 121 Å². The number of hydrogen-bond donors (Lipinski definition) is 2. The Morgan fingerprint density at radius 1 is 1.16 bits per heavy atom. The average molecular weight is 456 g/mol. The van der Waals surface area contributed by atoms with E-state index in [1.807, 2.05) is 53.4 Å². The van der Waals surface area contributed by atoms with Crippen molar-refractivity contribution in [1.29, 1.82) is 0 Å². The molecule has 0 saturated heterocycles. The molecule has 10 heteroatoms. The van der Waals surface area contributed by atoms with Crippen LogP contribution in [0.4, 0.5) is 5.69 Å². The minimum atomic E-state index is -0.375. The van der Waals surface area contributed by atoms with E-state index < -0.39 is 0 Å². The predicted molar refractivity (Wildman–Crippen MR) is 125 cm³/mol. The summed E-state index contributed by atoms with van der Waals surface area (Å²) in [6.07, 6.45) is 0.643. The Balaban J connectivity index is 1.69. The number of rotatable bonds is 10. The zero-order valence-corrected chi connectivity index (χ0v) is 19.6. The van der Waals surface area contributed by atoms with Crippen LogP contribution in [0.15, 0.2) is 35.5 Å². The molecule has 0 aliphatic heterocycles. The van der Waals surface area contributed by atoms with Crippen LogP contribution in [-0.4, -0.2) is 42.1 Å². The SMILES string of the molecule is Cc1nn(-c2ccccc2)c(C)c1NC(=O)CSc1nnc(CCC(N)=O)n1CC(C)C. The summed E-state index contributed by atoms with van der Waals surface area (Å²) in [6, 6.07) is 9.79. The molecule has 32 heavy (non-hydrogen) atoms. The zero-order valence-electron chi connectivity index (χ0n) is 18.8. The third-order valence-electron chi connectivity index (χ3n) is 4.83. The standard InChI is InChI=1S/C22H29N7O2S/c1-14(2)12-28-19(11-10-18(23)30)25-26-22(28)32-13-20(31)24-21-15(3)27-29(16(21)4)17-8-6-5-7-9-17/h5-9,14H,10-13H2,1-4H3,(H2,23,30)(H,24,31). The van der Waals surface area contributed by atoms with Crippen molar-refractivity contribution in [3.8, 4) is 5.69 Å². The molecule has 0 radical (unpaired) electrons. The lowest BCUT2D eigenvalue weighted by atomic mass is 10.2. The fraction of sp³-hybridized carbons (Fsp3) is 0.409. The van der Waals surface area contributed by atoms with Gasteiger partial charge in [-0.15, -0.1) is 10.2 Å². The van der Waals surface area contributed by atoms with Gasteiger partial charge in [-0.3, -0.25) is 9.59 Å². The Morgan fingerprint density at radius 3 is 2.53 bits per heavy atom. The van der Waals surface area contributed by atoms with Crippen LogP contribution in [-0.2, 0) is 22.6 Å². The first kappa shape index (κ1) is 23.5. The van der Waals surface area contributed by atoms with Gasteiger partial charge >= 0.3 is 0 Å². The van der Waals surface area contributed by atoms with Crippen LogP contribution in [0.3, 0.4) is 0 Å². The maximum absolute atomic E-state index is 12.7. The van der Waals surface area contributed by atoms with Gasteiger partial charge in [0.25, 0.3) is 0 Å². The number of nitrogens with two attached hydrogens (primary N) is 1. The molecule has 0 saturated carbocycles. The lowest BCUT2D eigenvalue weighted by Crippen LogP contribution is -2.17. The number of amides is 2. The second-order valence-electron chi connectivity index (χ2n) is 8.00. The summed E-state index contributed by atoms with van der Waals surface area (Å²) in [5, 5.41) is 16.6. The molecule has 3 N–H and O–H groups in total. The summed E-state index contributed by atoms with van der Waals surface area (Å²) in [6.45, 7) is 8.69. The minimum Gasteiger partial charge on any atom is -0.370 e. The predicted octanol–water partition coefficient (Wildman–Crippen LogP) is 2.89. The molecular formula is C22H29N7O2S. The number of nitrogens with one attached hydrogen (secondary N) is 1. The van der Waals surface area contributed by atoms with E-state index >= 15 is 0 Å². The number of thioether (sulfide) groups is 1. The highest BCUT2D eigenvalue weighted by atomic mass is 32.2. The maximum atomic E-state index is 12.7. The summed E-state index contributed by atoms with van der Waals surface area (Å²) in [4.78, 5) is 23.9. The van der Waals surface area contributed by atoms with E-state index in [9.17, 15) is 9.59 Å². The second-order valence-corrected chi connectivity index (χ2v) is 8.94. The summed E-state index contributed by atoms with van der Waals surface area (Å²) < 4.78 is 3.79. The van der Waals surface area contributed by atoms with Gasteiger partial charge in [-0.2, -0.15) is 5.10 Å². The Morgan fingerprint density at radius 2 is 1.88 bits per heavy atom. The first-order chi connectivity index (χ1) is 15.3. The fourth-order valence-electron chi connectivity index (χ4n) is 3.34. The number of para-hydroxylation sites is 1. The van der Waals surface area contributed by atoms with Crippen LogP contribution < -0.4 is 11.1 Å². The molecule has 2 amide bonds. The molecule has 0 fully saturated rings. The highest BCUT2D eigenvalue weighted by molar-refractivity contribution is 7.99. The number of primary amides is 1. The summed E-state index contributed by atoms with van der Waals surface area (Å²) >= 11 is 1.32. The minimum absolute atomic E-state index is 0.147. The zero-order chi connectivity index (χ0) is 23.3. The number of anilines is 1. The third-order valence-corrected chi connectivity index (χ3v) is 5.79. The number of carbonyl (C=O) groups excluding carboxylic acids is 2. The quantitative estimate of drug-likeness (QED) is 0.454. The fourth-order valence-corrected chi connectivity index (χ4v) is 4.11. The number of aryl methyl sites for hydroxylation is 2. The normalized spacial score (nSPS) is 11.2. The van der Waals surface area contributed by atoms with Crippen molar-refractivity contribution >= 4 is 29.3 Å². The Bertz CT molecular complexity index is 1090. The van der Waals surface area contributed by atoms with Crippen molar-refractivity contribution < 1.29 is 9.59 Å². The Hall–Kier alpha value is -3.14. The van der Waals surface area contributed by atoms with Crippen LogP contribution in [0.5, 0.6) is 0 Å². The molecular weight excluding hydrogens is 426 g/mol. The van der Waals surface area contributed by atoms with Crippen molar-refractivity contribution in [3.63, 3.8) is 0 Å². The molecule has 0 spiro atoms. The molecule has 170 valence electrons. The monoisotopic (exact) mass is 455 g/mol. The van der Waals surface area contributed by atoms with Gasteiger partial charge in [0.1, 0.15) is 5.82 Å². The van der Waals surface area contributed by atoms with Crippen molar-refractivity contribution in [2.45, 2.75) is 52.2 Å². The average Bonchev–Trinajstić information content (AvgIpc) is 3.26. The van der Waals surface area contributed by atoms with E-state index in [0.717, 1.165) is 17.1 Å². The Kier molecular flexibility index (Phi) is 7.68. The Labute approximate surface area is 191 Å². The lowest BCUT2D eigenvalue weighted by molar-refractivity contribution is -0.118. The third kappa shape index (κ3) is 5.76. The first-order valence-electron chi connectivity index (χ1n) is 10.5. The molecule has 0 atom stereocenters. The molecule has 1 aromatic carbocycles. The van der Waals surface area contributed by atoms with Crippen molar-refractivity contribution in [3.05, 3.63) is 47.5 Å². The van der Waals surface area contributed by atoms with Gasteiger partial charge in [0.15, 0.2) is 5.16 Å². The van der Waals surface area contributed by atoms with Gasteiger partial charge in [0, 0.05) is 19.4 Å². The molecule has 3 rings (SSSR count). The van der Waals surface area contributed by atoms with Crippen LogP contribution in [0, 0.1) is 19.8 Å². The van der Waals surface area contributed by atoms with Gasteiger partial charge in [-0.1, -0.05) is 43.8 Å². The van der Waals surface area contributed by atoms with Crippen molar-refractivity contribution in [1.82, 2.24) is 24.5 Å². The number of aromatic nitrogens is 5. The molecule has 0 bridgehead atoms. The van der Waals surface area contributed by atoms with Crippen molar-refractivity contribution in [2.75, 3.05) is 11.1 Å². The van der Waals surface area contributed by atoms with Crippen molar-refractivity contribution in [2.24, 2.45) is 11.7 Å². The van der Waals surface area contributed by atoms with Crippen LogP contribution in [0.1, 0.15) is 37.5 Å². The van der Waals surface area contributed by atoms with E-state index in [-0.39, 0.29) is 24.0 Å². The summed E-state index contributed by atoms with van der Waals surface area (Å²) in [5.41, 5.74) is 8.54. The van der Waals surface area contributed by atoms with Gasteiger partial charge in [0.2, 0.25) is 11.8 Å². The number of nitrogens with zero attached hydrogens (tertiary/aromatic N) is 5. The molecule has 0 aliphatic rings. The van der Waals surface area contributed by atoms with E-state index in [4.69, 9.17) is 5.73 Å². The lowest BCUT2D eigenvalue weighted by Gasteiger charge is -2.12. The van der Waals surface area contributed by atoms with E-state index in [0.29, 0.717) is 35.6 Å². The molecule has 0 aliphatic carbocycles. The smallest absolute Gasteiger partial charge is 0.234 e. The van der Waals surface area contributed by atoms with Crippen LogP contribution >= 0.6 is 11.8 Å².